The number of amides is 1. The number of benzene rings is 1. The molecule has 118 valence electrons. The van der Waals surface area contributed by atoms with Gasteiger partial charge in [-0.25, -0.2) is 17.2 Å². The van der Waals surface area contributed by atoms with Gasteiger partial charge in [-0.05, 0) is 17.7 Å². The van der Waals surface area contributed by atoms with E-state index in [1.807, 2.05) is 5.32 Å². The van der Waals surface area contributed by atoms with Crippen LogP contribution < -0.4 is 11.1 Å². The number of alkyl halides is 2. The van der Waals surface area contributed by atoms with Crippen molar-refractivity contribution in [2.24, 2.45) is 5.73 Å². The second kappa shape index (κ2) is 7.28. The number of nitrogens with one attached hydrogen (secondary N) is 1. The Hall–Kier alpha value is -1.06. The van der Waals surface area contributed by atoms with Crippen molar-refractivity contribution in [1.82, 2.24) is 5.32 Å². The van der Waals surface area contributed by atoms with Crippen molar-refractivity contribution in [2.75, 3.05) is 18.8 Å². The lowest BCUT2D eigenvalue weighted by Gasteiger charge is -2.14. The topological polar surface area (TPSA) is 89.3 Å². The summed E-state index contributed by atoms with van der Waals surface area (Å²) in [6.45, 7) is -1.89. The van der Waals surface area contributed by atoms with Gasteiger partial charge in [0, 0.05) is 4.47 Å². The summed E-state index contributed by atoms with van der Waals surface area (Å²) in [5.74, 6) is -5.39. The Morgan fingerprint density at radius 1 is 1.29 bits per heavy atom. The molecule has 0 unspecified atom stereocenters. The van der Waals surface area contributed by atoms with Crippen molar-refractivity contribution in [3.05, 3.63) is 34.3 Å². The maximum atomic E-state index is 12.8. The molecule has 9 heteroatoms. The molecule has 0 bridgehead atoms. The Kier molecular flexibility index (Phi) is 6.24. The fourth-order valence-corrected chi connectivity index (χ4v) is 3.00. The van der Waals surface area contributed by atoms with E-state index in [4.69, 9.17) is 5.73 Å². The number of carbonyl (C=O) groups excluding carboxylic acids is 1. The van der Waals surface area contributed by atoms with Crippen LogP contribution >= 0.6 is 15.9 Å². The van der Waals surface area contributed by atoms with Gasteiger partial charge in [0.25, 0.3) is 5.92 Å². The Balaban J connectivity index is 2.56. The second-order valence-corrected chi connectivity index (χ2v) is 7.48. The lowest BCUT2D eigenvalue weighted by Crippen LogP contribution is -2.43. The molecule has 0 fully saturated rings. The van der Waals surface area contributed by atoms with Crippen molar-refractivity contribution in [1.29, 1.82) is 0 Å². The van der Waals surface area contributed by atoms with Gasteiger partial charge in [-0.15, -0.1) is 0 Å². The Labute approximate surface area is 129 Å². The summed E-state index contributed by atoms with van der Waals surface area (Å²) in [7, 11) is -3.72. The van der Waals surface area contributed by atoms with Gasteiger partial charge >= 0.3 is 0 Å². The third-order valence-electron chi connectivity index (χ3n) is 2.49. The number of sulfone groups is 1. The van der Waals surface area contributed by atoms with Crippen molar-refractivity contribution in [3.63, 3.8) is 0 Å². The Bertz CT molecular complexity index is 591. The normalized spacial score (nSPS) is 12.2. The fraction of sp³-hybridized carbons (Fsp3) is 0.417. The van der Waals surface area contributed by atoms with Gasteiger partial charge in [0.15, 0.2) is 9.84 Å². The molecule has 1 amide bonds. The molecule has 0 spiro atoms. The Morgan fingerprint density at radius 3 is 2.38 bits per heavy atom. The molecule has 0 saturated heterocycles. The van der Waals surface area contributed by atoms with E-state index < -0.39 is 40.5 Å². The molecule has 0 saturated carbocycles. The first-order valence-electron chi connectivity index (χ1n) is 5.93. The third kappa shape index (κ3) is 6.96. The zero-order valence-electron chi connectivity index (χ0n) is 11.0. The minimum atomic E-state index is -3.72. The van der Waals surface area contributed by atoms with Crippen molar-refractivity contribution < 1.29 is 22.0 Å². The molecule has 1 rings (SSSR count). The highest BCUT2D eigenvalue weighted by atomic mass is 79.9. The molecule has 0 aromatic heterocycles. The Morgan fingerprint density at radius 2 is 1.86 bits per heavy atom. The minimum absolute atomic E-state index is 0.332. The fourth-order valence-electron chi connectivity index (χ4n) is 1.44. The highest BCUT2D eigenvalue weighted by Crippen LogP contribution is 2.13. The van der Waals surface area contributed by atoms with Gasteiger partial charge in [-0.3, -0.25) is 4.79 Å². The predicted octanol–water partition coefficient (Wildman–Crippen LogP) is 1.07. The van der Waals surface area contributed by atoms with Crippen LogP contribution in [0.2, 0.25) is 0 Å². The highest BCUT2D eigenvalue weighted by molar-refractivity contribution is 9.10. The number of halogens is 3. The summed E-state index contributed by atoms with van der Waals surface area (Å²) in [5.41, 5.74) is 5.32. The van der Waals surface area contributed by atoms with Gasteiger partial charge in [-0.2, -0.15) is 0 Å². The van der Waals surface area contributed by atoms with E-state index in [9.17, 15) is 22.0 Å². The van der Waals surface area contributed by atoms with Gasteiger partial charge in [0.2, 0.25) is 5.91 Å². The van der Waals surface area contributed by atoms with Gasteiger partial charge in [0.05, 0.1) is 18.8 Å². The van der Waals surface area contributed by atoms with Crippen molar-refractivity contribution in [3.8, 4) is 0 Å². The number of rotatable bonds is 7. The minimum Gasteiger partial charge on any atom is -0.349 e. The number of nitrogens with two attached hydrogens (primary N) is 1. The highest BCUT2D eigenvalue weighted by Gasteiger charge is 2.28. The summed E-state index contributed by atoms with van der Waals surface area (Å²) in [6, 6.07) is 6.55. The molecule has 1 aromatic rings. The summed E-state index contributed by atoms with van der Waals surface area (Å²) < 4.78 is 50.1. The first-order valence-corrected chi connectivity index (χ1v) is 8.54. The molecule has 0 aliphatic carbocycles. The van der Waals surface area contributed by atoms with Gasteiger partial charge in [-0.1, -0.05) is 28.1 Å². The molecule has 1 aromatic carbocycles. The van der Waals surface area contributed by atoms with Crippen LogP contribution in [0.4, 0.5) is 8.78 Å². The SMILES string of the molecule is NCC(F)(F)CNC(=O)CS(=O)(=O)Cc1ccc(Br)cc1. The van der Waals surface area contributed by atoms with Gasteiger partial charge < -0.3 is 11.1 Å². The van der Waals surface area contributed by atoms with E-state index in [-0.39, 0.29) is 5.75 Å². The van der Waals surface area contributed by atoms with Crippen LogP contribution in [0.5, 0.6) is 0 Å². The van der Waals surface area contributed by atoms with Crippen LogP contribution in [-0.2, 0) is 20.4 Å². The lowest BCUT2D eigenvalue weighted by molar-refractivity contribution is -0.120. The van der Waals surface area contributed by atoms with E-state index >= 15 is 0 Å². The monoisotopic (exact) mass is 384 g/mol. The van der Waals surface area contributed by atoms with E-state index in [1.165, 1.54) is 0 Å². The van der Waals surface area contributed by atoms with E-state index in [1.54, 1.807) is 24.3 Å². The maximum Gasteiger partial charge on any atom is 0.277 e. The van der Waals surface area contributed by atoms with E-state index in [2.05, 4.69) is 15.9 Å². The summed E-state index contributed by atoms with van der Waals surface area (Å²) >= 11 is 3.22. The van der Waals surface area contributed by atoms with Crippen LogP contribution in [-0.4, -0.2) is 39.1 Å². The number of hydrogen-bond donors (Lipinski definition) is 2. The quantitative estimate of drug-likeness (QED) is 0.735. The van der Waals surface area contributed by atoms with Gasteiger partial charge in [0.1, 0.15) is 5.75 Å². The van der Waals surface area contributed by atoms with Crippen LogP contribution in [0.25, 0.3) is 0 Å². The average Bonchev–Trinajstić information content (AvgIpc) is 2.38. The van der Waals surface area contributed by atoms with Crippen molar-refractivity contribution >= 4 is 31.7 Å². The first kappa shape index (κ1) is 18.0. The number of hydrogen-bond acceptors (Lipinski definition) is 4. The zero-order valence-corrected chi connectivity index (χ0v) is 13.4. The first-order chi connectivity index (χ1) is 9.63. The molecular weight excluding hydrogens is 370 g/mol. The molecule has 0 heterocycles. The molecule has 0 aliphatic heterocycles. The molecule has 0 atom stereocenters. The average molecular weight is 385 g/mol. The maximum absolute atomic E-state index is 12.8. The third-order valence-corrected chi connectivity index (χ3v) is 4.50. The van der Waals surface area contributed by atoms with E-state index in [0.29, 0.717) is 5.56 Å². The van der Waals surface area contributed by atoms with Crippen molar-refractivity contribution in [2.45, 2.75) is 11.7 Å². The molecule has 5 nitrogen and oxygen atoms in total. The summed E-state index contributed by atoms with van der Waals surface area (Å²) in [5, 5.41) is 1.87. The smallest absolute Gasteiger partial charge is 0.277 e. The second-order valence-electron chi connectivity index (χ2n) is 4.50. The van der Waals surface area contributed by atoms with Crippen LogP contribution in [0.15, 0.2) is 28.7 Å². The summed E-state index contributed by atoms with van der Waals surface area (Å²) in [6.07, 6.45) is 0. The van der Waals surface area contributed by atoms with Crippen LogP contribution in [0.1, 0.15) is 5.56 Å². The molecule has 21 heavy (non-hydrogen) atoms. The zero-order chi connectivity index (χ0) is 16.1. The van der Waals surface area contributed by atoms with Crippen LogP contribution in [0.3, 0.4) is 0 Å². The molecule has 0 aliphatic rings. The predicted molar refractivity (Wildman–Crippen MR) is 78.6 cm³/mol. The molecule has 3 N–H and O–H groups in total. The van der Waals surface area contributed by atoms with Crippen LogP contribution in [0, 0.1) is 0 Å². The standard InChI is InChI=1S/C12H15BrF2N2O3S/c13-10-3-1-9(2-4-10)5-21(19,20)6-11(18)17-8-12(14,15)7-16/h1-4H,5-8,16H2,(H,17,18). The summed E-state index contributed by atoms with van der Waals surface area (Å²) in [4.78, 5) is 11.4. The number of carbonyl (C=O) groups is 1. The lowest BCUT2D eigenvalue weighted by atomic mass is 10.2. The van der Waals surface area contributed by atoms with E-state index in [0.717, 1.165) is 4.47 Å². The largest absolute Gasteiger partial charge is 0.349 e. The molecule has 0 radical (unpaired) electrons. The molecular formula is C12H15BrF2N2O3S.